The molecule has 0 aliphatic carbocycles. The van der Waals surface area contributed by atoms with Crippen molar-refractivity contribution in [3.63, 3.8) is 0 Å². The SMILES string of the molecule is CC(C)(C)c1ccc(-c2nnc(SCC(=O)Nc3ccccc3Br)n2-c2ccccc2)cc1. The van der Waals surface area contributed by atoms with Crippen molar-refractivity contribution in [2.75, 3.05) is 11.1 Å². The minimum Gasteiger partial charge on any atom is -0.324 e. The Morgan fingerprint density at radius 3 is 2.27 bits per heavy atom. The van der Waals surface area contributed by atoms with Crippen LogP contribution in [-0.2, 0) is 10.2 Å². The molecule has 0 unspecified atom stereocenters. The number of nitrogens with zero attached hydrogens (tertiary/aromatic N) is 3. The van der Waals surface area contributed by atoms with Crippen molar-refractivity contribution in [2.45, 2.75) is 31.3 Å². The molecule has 1 amide bonds. The molecule has 3 aromatic carbocycles. The van der Waals surface area contributed by atoms with E-state index in [0.29, 0.717) is 5.16 Å². The molecule has 0 bridgehead atoms. The summed E-state index contributed by atoms with van der Waals surface area (Å²) in [7, 11) is 0. The van der Waals surface area contributed by atoms with Crippen molar-refractivity contribution in [1.29, 1.82) is 0 Å². The molecule has 0 radical (unpaired) electrons. The number of amides is 1. The van der Waals surface area contributed by atoms with Crippen molar-refractivity contribution in [2.24, 2.45) is 0 Å². The Bertz CT molecular complexity index is 1250. The van der Waals surface area contributed by atoms with Crippen molar-refractivity contribution >= 4 is 39.3 Å². The van der Waals surface area contributed by atoms with Gasteiger partial charge in [0.1, 0.15) is 0 Å². The Balaban J connectivity index is 1.60. The van der Waals surface area contributed by atoms with Gasteiger partial charge in [-0.1, -0.05) is 87.1 Å². The Morgan fingerprint density at radius 2 is 1.61 bits per heavy atom. The second-order valence-electron chi connectivity index (χ2n) is 8.62. The molecule has 0 saturated heterocycles. The lowest BCUT2D eigenvalue weighted by atomic mass is 9.87. The van der Waals surface area contributed by atoms with Crippen LogP contribution < -0.4 is 5.32 Å². The third-order valence-electron chi connectivity index (χ3n) is 5.14. The molecule has 0 aliphatic rings. The molecule has 0 saturated carbocycles. The quantitative estimate of drug-likeness (QED) is 0.286. The second kappa shape index (κ2) is 9.93. The molecule has 33 heavy (non-hydrogen) atoms. The molecule has 4 aromatic rings. The molecule has 7 heteroatoms. The summed E-state index contributed by atoms with van der Waals surface area (Å²) in [6.07, 6.45) is 0. The van der Waals surface area contributed by atoms with Crippen molar-refractivity contribution in [3.8, 4) is 17.1 Å². The average molecular weight is 521 g/mol. The first-order chi connectivity index (χ1) is 15.8. The number of thioether (sulfide) groups is 1. The van der Waals surface area contributed by atoms with E-state index in [1.807, 2.05) is 59.2 Å². The van der Waals surface area contributed by atoms with Crippen LogP contribution in [0.4, 0.5) is 5.69 Å². The predicted octanol–water partition coefficient (Wildman–Crippen LogP) is 6.73. The van der Waals surface area contributed by atoms with Crippen molar-refractivity contribution < 1.29 is 4.79 Å². The first-order valence-electron chi connectivity index (χ1n) is 10.6. The van der Waals surface area contributed by atoms with Gasteiger partial charge in [0.05, 0.1) is 11.4 Å². The first kappa shape index (κ1) is 23.3. The Labute approximate surface area is 206 Å². The number of halogens is 1. The van der Waals surface area contributed by atoms with Gasteiger partial charge in [-0.25, -0.2) is 0 Å². The monoisotopic (exact) mass is 520 g/mol. The summed E-state index contributed by atoms with van der Waals surface area (Å²) < 4.78 is 2.85. The molecule has 0 aliphatic heterocycles. The van der Waals surface area contributed by atoms with E-state index in [0.717, 1.165) is 27.2 Å². The molecule has 5 nitrogen and oxygen atoms in total. The number of para-hydroxylation sites is 2. The molecule has 1 aromatic heterocycles. The number of aromatic nitrogens is 3. The molecule has 4 rings (SSSR count). The van der Waals surface area contributed by atoms with Crippen LogP contribution >= 0.6 is 27.7 Å². The van der Waals surface area contributed by atoms with Crippen LogP contribution in [0.5, 0.6) is 0 Å². The number of hydrogen-bond acceptors (Lipinski definition) is 4. The van der Waals surface area contributed by atoms with Gasteiger partial charge in [-0.05, 0) is 51.2 Å². The first-order valence-corrected chi connectivity index (χ1v) is 12.4. The maximum Gasteiger partial charge on any atom is 0.234 e. The van der Waals surface area contributed by atoms with Gasteiger partial charge in [-0.15, -0.1) is 10.2 Å². The van der Waals surface area contributed by atoms with Crippen LogP contribution in [0.2, 0.25) is 0 Å². The molecule has 1 heterocycles. The fourth-order valence-corrected chi connectivity index (χ4v) is 4.49. The third kappa shape index (κ3) is 5.54. The molecular weight excluding hydrogens is 496 g/mol. The standard InChI is InChI=1S/C26H25BrN4OS/c1-26(2,3)19-15-13-18(14-16-19)24-29-30-25(31(24)20-9-5-4-6-10-20)33-17-23(32)28-22-12-8-7-11-21(22)27/h4-16H,17H2,1-3H3,(H,28,32). The number of anilines is 1. The lowest BCUT2D eigenvalue weighted by Crippen LogP contribution is -2.15. The van der Waals surface area contributed by atoms with E-state index in [-0.39, 0.29) is 17.1 Å². The van der Waals surface area contributed by atoms with E-state index in [4.69, 9.17) is 0 Å². The largest absolute Gasteiger partial charge is 0.324 e. The van der Waals surface area contributed by atoms with Gasteiger partial charge in [-0.2, -0.15) is 0 Å². The molecule has 0 fully saturated rings. The summed E-state index contributed by atoms with van der Waals surface area (Å²) in [5.74, 6) is 0.857. The van der Waals surface area contributed by atoms with Gasteiger partial charge in [-0.3, -0.25) is 9.36 Å². The van der Waals surface area contributed by atoms with Crippen LogP contribution in [0, 0.1) is 0 Å². The summed E-state index contributed by atoms with van der Waals surface area (Å²) in [5.41, 5.74) is 4.01. The van der Waals surface area contributed by atoms with Gasteiger partial charge >= 0.3 is 0 Å². The number of nitrogens with one attached hydrogen (secondary N) is 1. The number of carbonyl (C=O) groups excluding carboxylic acids is 1. The van der Waals surface area contributed by atoms with E-state index in [9.17, 15) is 4.79 Å². The minimum absolute atomic E-state index is 0.0771. The third-order valence-corrected chi connectivity index (χ3v) is 6.76. The summed E-state index contributed by atoms with van der Waals surface area (Å²) in [6, 6.07) is 26.0. The fraction of sp³-hybridized carbons (Fsp3) is 0.192. The zero-order valence-electron chi connectivity index (χ0n) is 18.7. The van der Waals surface area contributed by atoms with Gasteiger partial charge in [0, 0.05) is 15.7 Å². The fourth-order valence-electron chi connectivity index (χ4n) is 3.36. The van der Waals surface area contributed by atoms with Gasteiger partial charge in [0.2, 0.25) is 5.91 Å². The second-order valence-corrected chi connectivity index (χ2v) is 10.4. The summed E-state index contributed by atoms with van der Waals surface area (Å²) >= 11 is 4.82. The Morgan fingerprint density at radius 1 is 0.939 bits per heavy atom. The highest BCUT2D eigenvalue weighted by atomic mass is 79.9. The zero-order chi connectivity index (χ0) is 23.4. The molecule has 168 valence electrons. The highest BCUT2D eigenvalue weighted by Crippen LogP contribution is 2.30. The van der Waals surface area contributed by atoms with Crippen LogP contribution in [0.25, 0.3) is 17.1 Å². The molecule has 0 spiro atoms. The van der Waals surface area contributed by atoms with Crippen LogP contribution in [0.3, 0.4) is 0 Å². The summed E-state index contributed by atoms with van der Waals surface area (Å²) in [4.78, 5) is 12.6. The number of benzene rings is 3. The molecular formula is C26H25BrN4OS. The summed E-state index contributed by atoms with van der Waals surface area (Å²) in [5, 5.41) is 12.5. The van der Waals surface area contributed by atoms with E-state index >= 15 is 0 Å². The molecule has 0 atom stereocenters. The van der Waals surface area contributed by atoms with E-state index in [1.165, 1.54) is 17.3 Å². The van der Waals surface area contributed by atoms with Gasteiger partial charge in [0.15, 0.2) is 11.0 Å². The minimum atomic E-state index is -0.106. The Hall–Kier alpha value is -2.90. The average Bonchev–Trinajstić information content (AvgIpc) is 3.23. The van der Waals surface area contributed by atoms with Crippen LogP contribution in [-0.4, -0.2) is 26.4 Å². The smallest absolute Gasteiger partial charge is 0.234 e. The van der Waals surface area contributed by atoms with E-state index in [2.05, 4.69) is 76.5 Å². The maximum absolute atomic E-state index is 12.6. The topological polar surface area (TPSA) is 59.8 Å². The lowest BCUT2D eigenvalue weighted by molar-refractivity contribution is -0.113. The zero-order valence-corrected chi connectivity index (χ0v) is 21.2. The van der Waals surface area contributed by atoms with Crippen LogP contribution in [0.1, 0.15) is 26.3 Å². The lowest BCUT2D eigenvalue weighted by Gasteiger charge is -2.19. The Kier molecular flexibility index (Phi) is 7.00. The molecule has 1 N–H and O–H groups in total. The normalized spacial score (nSPS) is 11.4. The van der Waals surface area contributed by atoms with Gasteiger partial charge in [0.25, 0.3) is 0 Å². The highest BCUT2D eigenvalue weighted by Gasteiger charge is 2.19. The van der Waals surface area contributed by atoms with Gasteiger partial charge < -0.3 is 5.32 Å². The number of rotatable bonds is 6. The van der Waals surface area contributed by atoms with Crippen molar-refractivity contribution in [3.05, 3.63) is 88.9 Å². The number of hydrogen-bond donors (Lipinski definition) is 1. The van der Waals surface area contributed by atoms with Crippen molar-refractivity contribution in [1.82, 2.24) is 14.8 Å². The van der Waals surface area contributed by atoms with Crippen LogP contribution in [0.15, 0.2) is 88.5 Å². The van der Waals surface area contributed by atoms with E-state index < -0.39 is 0 Å². The maximum atomic E-state index is 12.6. The number of carbonyl (C=O) groups is 1. The highest BCUT2D eigenvalue weighted by molar-refractivity contribution is 9.10. The van der Waals surface area contributed by atoms with E-state index in [1.54, 1.807) is 0 Å². The summed E-state index contributed by atoms with van der Waals surface area (Å²) in [6.45, 7) is 6.59. The predicted molar refractivity (Wildman–Crippen MR) is 139 cm³/mol.